The van der Waals surface area contributed by atoms with E-state index in [1.807, 2.05) is 20.8 Å². The lowest BCUT2D eigenvalue weighted by atomic mass is 9.99. The predicted molar refractivity (Wildman–Crippen MR) is 70.9 cm³/mol. The van der Waals surface area contributed by atoms with E-state index in [1.54, 1.807) is 0 Å². The Morgan fingerprint density at radius 2 is 2.05 bits per heavy atom. The van der Waals surface area contributed by atoms with Crippen LogP contribution in [0.3, 0.4) is 0 Å². The molecule has 1 rings (SSSR count). The zero-order valence-corrected chi connectivity index (χ0v) is 11.8. The van der Waals surface area contributed by atoms with Gasteiger partial charge in [0.1, 0.15) is 6.04 Å². The maximum absolute atomic E-state index is 11.8. The van der Waals surface area contributed by atoms with Gasteiger partial charge in [-0.25, -0.2) is 9.59 Å². The van der Waals surface area contributed by atoms with Crippen LogP contribution in [-0.2, 0) is 9.53 Å². The van der Waals surface area contributed by atoms with E-state index in [0.29, 0.717) is 18.9 Å². The van der Waals surface area contributed by atoms with E-state index in [2.05, 4.69) is 10.6 Å². The summed E-state index contributed by atoms with van der Waals surface area (Å²) in [5.41, 5.74) is 0. The topological polar surface area (TPSA) is 87.7 Å². The smallest absolute Gasteiger partial charge is 0.326 e. The van der Waals surface area contributed by atoms with Gasteiger partial charge in [0.15, 0.2) is 0 Å². The molecule has 0 saturated carbocycles. The van der Waals surface area contributed by atoms with E-state index >= 15 is 0 Å². The predicted octanol–water partition coefficient (Wildman–Crippen LogP) is 1.21. The minimum atomic E-state index is -0.999. The number of hydrogen-bond donors (Lipinski definition) is 3. The van der Waals surface area contributed by atoms with Crippen molar-refractivity contribution < 1.29 is 19.4 Å². The minimum absolute atomic E-state index is 0.0196. The van der Waals surface area contributed by atoms with Gasteiger partial charge in [-0.05, 0) is 19.3 Å². The molecule has 110 valence electrons. The average Bonchev–Trinajstić information content (AvgIpc) is 2.88. The molecular formula is C13H24N2O4. The van der Waals surface area contributed by atoms with Crippen molar-refractivity contribution in [2.75, 3.05) is 13.2 Å². The number of carbonyl (C=O) groups is 2. The summed E-state index contributed by atoms with van der Waals surface area (Å²) in [7, 11) is 0. The number of urea groups is 1. The summed E-state index contributed by atoms with van der Waals surface area (Å²) in [5.74, 6) is -0.799. The van der Waals surface area contributed by atoms with Crippen molar-refractivity contribution in [2.24, 2.45) is 11.8 Å². The molecule has 4 atom stereocenters. The first-order chi connectivity index (χ1) is 8.95. The number of rotatable bonds is 6. The van der Waals surface area contributed by atoms with Crippen LogP contribution in [0.4, 0.5) is 4.79 Å². The van der Waals surface area contributed by atoms with Gasteiger partial charge in [0, 0.05) is 18.6 Å². The first-order valence-corrected chi connectivity index (χ1v) is 6.83. The molecule has 0 aromatic carbocycles. The van der Waals surface area contributed by atoms with Crippen LogP contribution in [0.15, 0.2) is 0 Å². The molecule has 0 bridgehead atoms. The number of aliphatic carboxylic acids is 1. The van der Waals surface area contributed by atoms with Crippen molar-refractivity contribution in [3.63, 3.8) is 0 Å². The first kappa shape index (κ1) is 15.8. The number of hydrogen-bond acceptors (Lipinski definition) is 3. The van der Waals surface area contributed by atoms with Gasteiger partial charge in [-0.1, -0.05) is 20.3 Å². The van der Waals surface area contributed by atoms with Crippen molar-refractivity contribution in [1.29, 1.82) is 0 Å². The normalized spacial score (nSPS) is 23.4. The second-order valence-electron chi connectivity index (χ2n) is 5.23. The summed E-state index contributed by atoms with van der Waals surface area (Å²) in [6, 6.07) is -1.29. The number of carboxylic acid groups (broad SMARTS) is 1. The molecule has 2 unspecified atom stereocenters. The molecule has 6 heteroatoms. The summed E-state index contributed by atoms with van der Waals surface area (Å²) in [4.78, 5) is 22.9. The largest absolute Gasteiger partial charge is 0.480 e. The zero-order valence-electron chi connectivity index (χ0n) is 11.8. The Morgan fingerprint density at radius 1 is 1.37 bits per heavy atom. The number of amides is 2. The SMILES string of the molecule is CC[C@H](C)[C@H](NC(=O)NC(C)C1CCOC1)C(=O)O. The lowest BCUT2D eigenvalue weighted by Gasteiger charge is -2.24. The average molecular weight is 272 g/mol. The Morgan fingerprint density at radius 3 is 2.53 bits per heavy atom. The molecule has 6 nitrogen and oxygen atoms in total. The Balaban J connectivity index is 2.45. The highest BCUT2D eigenvalue weighted by molar-refractivity contribution is 5.82. The van der Waals surface area contributed by atoms with Gasteiger partial charge in [0.05, 0.1) is 6.61 Å². The quantitative estimate of drug-likeness (QED) is 0.678. The first-order valence-electron chi connectivity index (χ1n) is 6.83. The summed E-state index contributed by atoms with van der Waals surface area (Å²) in [5, 5.41) is 14.4. The lowest BCUT2D eigenvalue weighted by molar-refractivity contribution is -0.140. The Labute approximate surface area is 113 Å². The van der Waals surface area contributed by atoms with Gasteiger partial charge in [-0.3, -0.25) is 0 Å². The van der Waals surface area contributed by atoms with E-state index in [1.165, 1.54) is 0 Å². The van der Waals surface area contributed by atoms with Crippen molar-refractivity contribution in [3.8, 4) is 0 Å². The molecule has 1 aliphatic rings. The second kappa shape index (κ2) is 7.33. The molecule has 2 amide bonds. The number of carboxylic acids is 1. The van der Waals surface area contributed by atoms with Crippen molar-refractivity contribution in [2.45, 2.75) is 45.7 Å². The number of ether oxygens (including phenoxy) is 1. The van der Waals surface area contributed by atoms with Crippen LogP contribution >= 0.6 is 0 Å². The lowest BCUT2D eigenvalue weighted by Crippen LogP contribution is -2.52. The molecule has 19 heavy (non-hydrogen) atoms. The van der Waals surface area contributed by atoms with Gasteiger partial charge in [0.2, 0.25) is 0 Å². The maximum Gasteiger partial charge on any atom is 0.326 e. The molecule has 0 aromatic rings. The molecule has 0 aromatic heterocycles. The highest BCUT2D eigenvalue weighted by atomic mass is 16.5. The van der Waals surface area contributed by atoms with Crippen LogP contribution in [0.2, 0.25) is 0 Å². The summed E-state index contributed by atoms with van der Waals surface area (Å²) >= 11 is 0. The van der Waals surface area contributed by atoms with E-state index in [4.69, 9.17) is 9.84 Å². The Bertz CT molecular complexity index is 316. The summed E-state index contributed by atoms with van der Waals surface area (Å²) in [6.07, 6.45) is 1.62. The van der Waals surface area contributed by atoms with Crippen molar-refractivity contribution >= 4 is 12.0 Å². The molecule has 0 aliphatic carbocycles. The van der Waals surface area contributed by atoms with Gasteiger partial charge >= 0.3 is 12.0 Å². The van der Waals surface area contributed by atoms with Crippen LogP contribution < -0.4 is 10.6 Å². The number of carbonyl (C=O) groups excluding carboxylic acids is 1. The highest BCUT2D eigenvalue weighted by Crippen LogP contribution is 2.16. The van der Waals surface area contributed by atoms with Crippen LogP contribution in [0.1, 0.15) is 33.6 Å². The van der Waals surface area contributed by atoms with Crippen molar-refractivity contribution in [3.05, 3.63) is 0 Å². The van der Waals surface area contributed by atoms with Crippen LogP contribution in [0.5, 0.6) is 0 Å². The third-order valence-corrected chi connectivity index (χ3v) is 3.80. The second-order valence-corrected chi connectivity index (χ2v) is 5.23. The summed E-state index contributed by atoms with van der Waals surface area (Å²) < 4.78 is 5.27. The van der Waals surface area contributed by atoms with E-state index in [0.717, 1.165) is 13.0 Å². The van der Waals surface area contributed by atoms with Crippen LogP contribution in [0, 0.1) is 11.8 Å². The standard InChI is InChI=1S/C13H24N2O4/c1-4-8(2)11(12(16)17)15-13(18)14-9(3)10-5-6-19-7-10/h8-11H,4-7H2,1-3H3,(H,16,17)(H2,14,15,18)/t8-,9?,10?,11-/m0/s1. The van der Waals surface area contributed by atoms with Crippen LogP contribution in [0.25, 0.3) is 0 Å². The molecular weight excluding hydrogens is 248 g/mol. The molecule has 0 spiro atoms. The molecule has 3 N–H and O–H groups in total. The molecule has 1 heterocycles. The van der Waals surface area contributed by atoms with Crippen molar-refractivity contribution in [1.82, 2.24) is 10.6 Å². The van der Waals surface area contributed by atoms with Gasteiger partial charge < -0.3 is 20.5 Å². The number of nitrogens with one attached hydrogen (secondary N) is 2. The highest BCUT2D eigenvalue weighted by Gasteiger charge is 2.28. The molecule has 1 saturated heterocycles. The third kappa shape index (κ3) is 4.70. The fourth-order valence-corrected chi connectivity index (χ4v) is 2.14. The Kier molecular flexibility index (Phi) is 6.08. The fourth-order valence-electron chi connectivity index (χ4n) is 2.14. The molecule has 1 fully saturated rings. The van der Waals surface area contributed by atoms with Crippen LogP contribution in [-0.4, -0.2) is 42.4 Å². The van der Waals surface area contributed by atoms with Gasteiger partial charge in [-0.15, -0.1) is 0 Å². The summed E-state index contributed by atoms with van der Waals surface area (Å²) in [6.45, 7) is 7.00. The Hall–Kier alpha value is -1.30. The molecule has 1 aliphatic heterocycles. The van der Waals surface area contributed by atoms with Gasteiger partial charge in [0.25, 0.3) is 0 Å². The third-order valence-electron chi connectivity index (χ3n) is 3.80. The monoisotopic (exact) mass is 272 g/mol. The fraction of sp³-hybridized carbons (Fsp3) is 0.846. The van der Waals surface area contributed by atoms with E-state index < -0.39 is 18.0 Å². The van der Waals surface area contributed by atoms with Gasteiger partial charge in [-0.2, -0.15) is 0 Å². The zero-order chi connectivity index (χ0) is 14.4. The van der Waals surface area contributed by atoms with E-state index in [9.17, 15) is 9.59 Å². The van der Waals surface area contributed by atoms with E-state index in [-0.39, 0.29) is 12.0 Å². The molecule has 0 radical (unpaired) electrons. The minimum Gasteiger partial charge on any atom is -0.480 e. The maximum atomic E-state index is 11.8.